The number of benzene rings is 2. The molecule has 0 N–H and O–H groups in total. The van der Waals surface area contributed by atoms with E-state index in [2.05, 4.69) is 17.2 Å². The van der Waals surface area contributed by atoms with Crippen LogP contribution in [0.4, 0.5) is 0 Å². The van der Waals surface area contributed by atoms with Gasteiger partial charge < -0.3 is 0 Å². The minimum Gasteiger partial charge on any atom is -0.268 e. The third-order valence-corrected chi connectivity index (χ3v) is 4.33. The first-order valence-electron chi connectivity index (χ1n) is 7.78. The summed E-state index contributed by atoms with van der Waals surface area (Å²) >= 11 is 12.1. The van der Waals surface area contributed by atoms with Gasteiger partial charge in [0.05, 0.1) is 12.2 Å². The highest BCUT2D eigenvalue weighted by atomic mass is 35.5. The lowest BCUT2D eigenvalue weighted by Crippen LogP contribution is -2.23. The van der Waals surface area contributed by atoms with E-state index < -0.39 is 0 Å². The lowest BCUT2D eigenvalue weighted by Gasteiger charge is -2.07. The molecule has 3 nitrogen and oxygen atoms in total. The molecule has 25 heavy (non-hydrogen) atoms. The van der Waals surface area contributed by atoms with Gasteiger partial charge in [-0.1, -0.05) is 65.2 Å². The summed E-state index contributed by atoms with van der Waals surface area (Å²) in [6.07, 6.45) is 3.84. The van der Waals surface area contributed by atoms with Crippen molar-refractivity contribution in [3.8, 4) is 0 Å². The molecule has 0 spiro atoms. The van der Waals surface area contributed by atoms with E-state index >= 15 is 0 Å². The molecule has 0 aliphatic carbocycles. The summed E-state index contributed by atoms with van der Waals surface area (Å²) in [4.78, 5) is 12.1. The molecule has 5 heteroatoms. The van der Waals surface area contributed by atoms with Crippen molar-refractivity contribution >= 4 is 35.4 Å². The van der Waals surface area contributed by atoms with E-state index in [9.17, 15) is 4.79 Å². The average Bonchev–Trinajstić information content (AvgIpc) is 2.59. The number of nitrogens with zero attached hydrogens (tertiary/aromatic N) is 2. The highest BCUT2D eigenvalue weighted by Gasteiger charge is 2.05. The second kappa shape index (κ2) is 7.68. The Morgan fingerprint density at radius 3 is 2.48 bits per heavy atom. The molecule has 0 aliphatic heterocycles. The van der Waals surface area contributed by atoms with E-state index in [0.29, 0.717) is 22.3 Å². The van der Waals surface area contributed by atoms with Crippen LogP contribution in [-0.2, 0) is 6.54 Å². The molecular formula is C20H16Cl2N2O. The van der Waals surface area contributed by atoms with E-state index in [1.807, 2.05) is 31.2 Å². The van der Waals surface area contributed by atoms with Crippen LogP contribution in [0.3, 0.4) is 0 Å². The number of aromatic nitrogens is 2. The minimum atomic E-state index is -0.182. The minimum absolute atomic E-state index is 0.182. The predicted molar refractivity (Wildman–Crippen MR) is 104 cm³/mol. The molecule has 0 bridgehead atoms. The SMILES string of the molecule is Cc1ccc(C=Cc2ccc(=O)n(Cc3ccc(Cl)cc3Cl)n2)cc1. The number of hydrogen-bond acceptors (Lipinski definition) is 2. The van der Waals surface area contributed by atoms with Crippen molar-refractivity contribution in [2.75, 3.05) is 0 Å². The molecule has 0 amide bonds. The Kier molecular flexibility index (Phi) is 5.37. The largest absolute Gasteiger partial charge is 0.268 e. The second-order valence-electron chi connectivity index (χ2n) is 5.73. The zero-order valence-electron chi connectivity index (χ0n) is 13.6. The van der Waals surface area contributed by atoms with Gasteiger partial charge in [0.2, 0.25) is 0 Å². The number of hydrogen-bond donors (Lipinski definition) is 0. The van der Waals surface area contributed by atoms with Crippen LogP contribution >= 0.6 is 23.2 Å². The van der Waals surface area contributed by atoms with E-state index in [1.54, 1.807) is 24.3 Å². The molecule has 2 aromatic carbocycles. The Labute approximate surface area is 156 Å². The van der Waals surface area contributed by atoms with E-state index in [1.165, 1.54) is 16.3 Å². The first kappa shape index (κ1) is 17.5. The molecule has 0 atom stereocenters. The van der Waals surface area contributed by atoms with Crippen molar-refractivity contribution in [1.29, 1.82) is 0 Å². The van der Waals surface area contributed by atoms with Gasteiger partial charge in [0, 0.05) is 16.1 Å². The Morgan fingerprint density at radius 2 is 1.76 bits per heavy atom. The molecule has 126 valence electrons. The van der Waals surface area contributed by atoms with Gasteiger partial charge in [0.1, 0.15) is 0 Å². The Bertz CT molecular complexity index is 976. The fourth-order valence-electron chi connectivity index (χ4n) is 2.34. The summed E-state index contributed by atoms with van der Waals surface area (Å²) in [5, 5.41) is 5.46. The van der Waals surface area contributed by atoms with Crippen molar-refractivity contribution in [2.45, 2.75) is 13.5 Å². The van der Waals surface area contributed by atoms with Crippen molar-refractivity contribution in [3.63, 3.8) is 0 Å². The normalized spacial score (nSPS) is 11.2. The summed E-state index contributed by atoms with van der Waals surface area (Å²) in [7, 11) is 0. The van der Waals surface area contributed by atoms with Gasteiger partial charge in [-0.15, -0.1) is 0 Å². The fraction of sp³-hybridized carbons (Fsp3) is 0.100. The second-order valence-corrected chi connectivity index (χ2v) is 6.58. The van der Waals surface area contributed by atoms with Crippen molar-refractivity contribution in [3.05, 3.63) is 97.4 Å². The molecule has 0 fully saturated rings. The molecule has 0 unspecified atom stereocenters. The van der Waals surface area contributed by atoms with Gasteiger partial charge in [0.15, 0.2) is 0 Å². The molecule has 0 radical (unpaired) electrons. The summed E-state index contributed by atoms with van der Waals surface area (Å²) in [5.41, 5.74) is 3.60. The van der Waals surface area contributed by atoms with Gasteiger partial charge in [-0.2, -0.15) is 5.10 Å². The first-order chi connectivity index (χ1) is 12.0. The van der Waals surface area contributed by atoms with Crippen LogP contribution in [0.1, 0.15) is 22.4 Å². The monoisotopic (exact) mass is 370 g/mol. The molecule has 0 aliphatic rings. The number of halogens is 2. The predicted octanol–water partition coefficient (Wildman–Crippen LogP) is 5.08. The van der Waals surface area contributed by atoms with Gasteiger partial charge in [-0.25, -0.2) is 4.68 Å². The smallest absolute Gasteiger partial charge is 0.267 e. The first-order valence-corrected chi connectivity index (χ1v) is 8.54. The molecule has 1 aromatic heterocycles. The zero-order valence-corrected chi connectivity index (χ0v) is 15.1. The molecule has 1 heterocycles. The third-order valence-electron chi connectivity index (χ3n) is 3.75. The topological polar surface area (TPSA) is 34.9 Å². The molecule has 0 saturated heterocycles. The van der Waals surface area contributed by atoms with Crippen LogP contribution in [0.2, 0.25) is 10.0 Å². The molecule has 3 rings (SSSR count). The van der Waals surface area contributed by atoms with Gasteiger partial charge >= 0.3 is 0 Å². The Hall–Kier alpha value is -2.36. The van der Waals surface area contributed by atoms with Crippen molar-refractivity contribution in [2.24, 2.45) is 0 Å². The summed E-state index contributed by atoms with van der Waals surface area (Å²) in [6, 6.07) is 16.6. The van der Waals surface area contributed by atoms with Crippen LogP contribution in [-0.4, -0.2) is 9.78 Å². The molecule has 0 saturated carbocycles. The molecule has 3 aromatic rings. The Balaban J connectivity index is 1.85. The number of rotatable bonds is 4. The summed E-state index contributed by atoms with van der Waals surface area (Å²) in [6.45, 7) is 2.34. The van der Waals surface area contributed by atoms with Crippen molar-refractivity contribution < 1.29 is 0 Å². The maximum absolute atomic E-state index is 12.1. The highest BCUT2D eigenvalue weighted by molar-refractivity contribution is 6.35. The summed E-state index contributed by atoms with van der Waals surface area (Å²) < 4.78 is 1.39. The maximum Gasteiger partial charge on any atom is 0.267 e. The molecular weight excluding hydrogens is 355 g/mol. The standard InChI is InChI=1S/C20H16Cl2N2O/c1-14-2-4-15(5-3-14)6-9-18-10-11-20(25)24(23-18)13-16-7-8-17(21)12-19(16)22/h2-12H,13H2,1H3. The summed E-state index contributed by atoms with van der Waals surface area (Å²) in [5.74, 6) is 0. The van der Waals surface area contributed by atoms with Crippen LogP contribution in [0.15, 0.2) is 59.4 Å². The van der Waals surface area contributed by atoms with Crippen LogP contribution in [0.5, 0.6) is 0 Å². The van der Waals surface area contributed by atoms with Crippen LogP contribution < -0.4 is 5.56 Å². The van der Waals surface area contributed by atoms with Crippen molar-refractivity contribution in [1.82, 2.24) is 9.78 Å². The highest BCUT2D eigenvalue weighted by Crippen LogP contribution is 2.21. The van der Waals surface area contributed by atoms with E-state index in [-0.39, 0.29) is 5.56 Å². The zero-order chi connectivity index (χ0) is 17.8. The number of aryl methyl sites for hydroxylation is 1. The Morgan fingerprint density at radius 1 is 1.00 bits per heavy atom. The van der Waals surface area contributed by atoms with E-state index in [0.717, 1.165) is 11.1 Å². The lowest BCUT2D eigenvalue weighted by atomic mass is 10.1. The maximum atomic E-state index is 12.1. The van der Waals surface area contributed by atoms with Gasteiger partial charge in [0.25, 0.3) is 5.56 Å². The quantitative estimate of drug-likeness (QED) is 0.641. The van der Waals surface area contributed by atoms with Gasteiger partial charge in [-0.3, -0.25) is 4.79 Å². The van der Waals surface area contributed by atoms with Gasteiger partial charge in [-0.05, 0) is 42.3 Å². The average molecular weight is 371 g/mol. The fourth-order valence-corrected chi connectivity index (χ4v) is 2.81. The third kappa shape index (κ3) is 4.59. The van der Waals surface area contributed by atoms with Crippen LogP contribution in [0.25, 0.3) is 12.2 Å². The van der Waals surface area contributed by atoms with E-state index in [4.69, 9.17) is 23.2 Å². The van der Waals surface area contributed by atoms with Crippen LogP contribution in [0, 0.1) is 6.92 Å². The lowest BCUT2D eigenvalue weighted by molar-refractivity contribution is 0.636.